The van der Waals surface area contributed by atoms with Crippen LogP contribution in [0.25, 0.3) is 0 Å². The maximum Gasteiger partial charge on any atom is 0.305 e. The SMILES string of the molecule is COc1ccc(Oc2ccc(N3CCC[C@H]3CC(=O)O)cc2)c(C)c1. The summed E-state index contributed by atoms with van der Waals surface area (Å²) in [6.07, 6.45) is 2.14. The van der Waals surface area contributed by atoms with Gasteiger partial charge in [0.25, 0.3) is 0 Å². The number of anilines is 1. The highest BCUT2D eigenvalue weighted by atomic mass is 16.5. The lowest BCUT2D eigenvalue weighted by Gasteiger charge is -2.25. The molecule has 1 atom stereocenters. The van der Waals surface area contributed by atoms with Crippen LogP contribution in [0.4, 0.5) is 5.69 Å². The second-order valence-electron chi connectivity index (χ2n) is 6.31. The average Bonchev–Trinajstić information content (AvgIpc) is 3.04. The van der Waals surface area contributed by atoms with Crippen molar-refractivity contribution in [2.75, 3.05) is 18.6 Å². The molecular weight excluding hydrogens is 318 g/mol. The van der Waals surface area contributed by atoms with Crippen LogP contribution >= 0.6 is 0 Å². The van der Waals surface area contributed by atoms with Crippen molar-refractivity contribution in [3.63, 3.8) is 0 Å². The van der Waals surface area contributed by atoms with Crippen LogP contribution in [0.15, 0.2) is 42.5 Å². The smallest absolute Gasteiger partial charge is 0.305 e. The summed E-state index contributed by atoms with van der Waals surface area (Å²) in [4.78, 5) is 13.2. The molecule has 5 nitrogen and oxygen atoms in total. The van der Waals surface area contributed by atoms with Crippen molar-refractivity contribution >= 4 is 11.7 Å². The maximum absolute atomic E-state index is 11.0. The molecule has 0 aromatic heterocycles. The lowest BCUT2D eigenvalue weighted by molar-refractivity contribution is -0.137. The van der Waals surface area contributed by atoms with Gasteiger partial charge in [-0.2, -0.15) is 0 Å². The van der Waals surface area contributed by atoms with Crippen molar-refractivity contribution in [2.24, 2.45) is 0 Å². The van der Waals surface area contributed by atoms with Gasteiger partial charge in [0.15, 0.2) is 0 Å². The van der Waals surface area contributed by atoms with Crippen LogP contribution in [-0.2, 0) is 4.79 Å². The van der Waals surface area contributed by atoms with Crippen molar-refractivity contribution in [3.8, 4) is 17.2 Å². The fourth-order valence-corrected chi connectivity index (χ4v) is 3.29. The molecule has 1 N–H and O–H groups in total. The molecule has 0 spiro atoms. The molecule has 25 heavy (non-hydrogen) atoms. The highest BCUT2D eigenvalue weighted by Crippen LogP contribution is 2.32. The molecule has 1 fully saturated rings. The van der Waals surface area contributed by atoms with Gasteiger partial charge in [-0.3, -0.25) is 4.79 Å². The Balaban J connectivity index is 1.71. The van der Waals surface area contributed by atoms with E-state index in [0.29, 0.717) is 0 Å². The minimum atomic E-state index is -0.744. The summed E-state index contributed by atoms with van der Waals surface area (Å²) in [5.74, 6) is 1.61. The van der Waals surface area contributed by atoms with Gasteiger partial charge in [0.05, 0.1) is 13.5 Å². The van der Waals surface area contributed by atoms with E-state index in [1.807, 2.05) is 49.4 Å². The molecule has 1 saturated heterocycles. The van der Waals surface area contributed by atoms with Crippen LogP contribution < -0.4 is 14.4 Å². The van der Waals surface area contributed by atoms with Gasteiger partial charge in [0.1, 0.15) is 17.2 Å². The van der Waals surface area contributed by atoms with E-state index < -0.39 is 5.97 Å². The molecule has 1 heterocycles. The molecule has 1 aliphatic heterocycles. The van der Waals surface area contributed by atoms with E-state index in [-0.39, 0.29) is 12.5 Å². The second-order valence-corrected chi connectivity index (χ2v) is 6.31. The zero-order valence-corrected chi connectivity index (χ0v) is 14.6. The average molecular weight is 341 g/mol. The largest absolute Gasteiger partial charge is 0.497 e. The third kappa shape index (κ3) is 4.05. The quantitative estimate of drug-likeness (QED) is 0.851. The fraction of sp³-hybridized carbons (Fsp3) is 0.350. The predicted octanol–water partition coefficient (Wildman–Crippen LogP) is 4.24. The Bertz CT molecular complexity index is 742. The van der Waals surface area contributed by atoms with E-state index in [2.05, 4.69) is 4.90 Å². The van der Waals surface area contributed by atoms with Gasteiger partial charge in [-0.1, -0.05) is 0 Å². The van der Waals surface area contributed by atoms with Crippen LogP contribution in [0, 0.1) is 6.92 Å². The topological polar surface area (TPSA) is 59.0 Å². The van der Waals surface area contributed by atoms with E-state index >= 15 is 0 Å². The Hall–Kier alpha value is -2.69. The summed E-state index contributed by atoms with van der Waals surface area (Å²) in [6.45, 7) is 2.88. The first-order valence-corrected chi connectivity index (χ1v) is 8.48. The van der Waals surface area contributed by atoms with Gasteiger partial charge < -0.3 is 19.5 Å². The maximum atomic E-state index is 11.0. The van der Waals surface area contributed by atoms with Gasteiger partial charge in [-0.25, -0.2) is 0 Å². The third-order valence-electron chi connectivity index (χ3n) is 4.57. The normalized spacial score (nSPS) is 16.7. The van der Waals surface area contributed by atoms with E-state index in [9.17, 15) is 4.79 Å². The fourth-order valence-electron chi connectivity index (χ4n) is 3.29. The molecule has 5 heteroatoms. The molecule has 0 amide bonds. The van der Waals surface area contributed by atoms with Crippen molar-refractivity contribution in [2.45, 2.75) is 32.2 Å². The molecule has 132 valence electrons. The van der Waals surface area contributed by atoms with Crippen LogP contribution in [0.1, 0.15) is 24.8 Å². The number of hydrogen-bond acceptors (Lipinski definition) is 4. The lowest BCUT2D eigenvalue weighted by atomic mass is 10.1. The predicted molar refractivity (Wildman–Crippen MR) is 96.9 cm³/mol. The number of carboxylic acid groups (broad SMARTS) is 1. The Kier molecular flexibility index (Phi) is 5.12. The third-order valence-corrected chi connectivity index (χ3v) is 4.57. The molecular formula is C20H23NO4. The number of hydrogen-bond donors (Lipinski definition) is 1. The summed E-state index contributed by atoms with van der Waals surface area (Å²) < 4.78 is 11.2. The number of aliphatic carboxylic acids is 1. The number of benzene rings is 2. The Morgan fingerprint density at radius 1 is 1.20 bits per heavy atom. The van der Waals surface area contributed by atoms with Gasteiger partial charge >= 0.3 is 5.97 Å². The molecule has 0 unspecified atom stereocenters. The van der Waals surface area contributed by atoms with Crippen LogP contribution in [-0.4, -0.2) is 30.8 Å². The Morgan fingerprint density at radius 2 is 1.92 bits per heavy atom. The van der Waals surface area contributed by atoms with Crippen LogP contribution in [0.5, 0.6) is 17.2 Å². The summed E-state index contributed by atoms with van der Waals surface area (Å²) >= 11 is 0. The zero-order valence-electron chi connectivity index (χ0n) is 14.6. The Morgan fingerprint density at radius 3 is 2.56 bits per heavy atom. The summed E-state index contributed by atoms with van der Waals surface area (Å²) in [5.41, 5.74) is 2.05. The standard InChI is InChI=1S/C20H23NO4/c1-14-12-18(24-2)9-10-19(14)25-17-7-5-15(6-8-17)21-11-3-4-16(21)13-20(22)23/h5-10,12,16H,3-4,11,13H2,1-2H3,(H,22,23)/t16-/m0/s1. The highest BCUT2D eigenvalue weighted by molar-refractivity contribution is 5.69. The van der Waals surface area contributed by atoms with Crippen molar-refractivity contribution in [3.05, 3.63) is 48.0 Å². The molecule has 0 radical (unpaired) electrons. The number of rotatable bonds is 6. The van der Waals surface area contributed by atoms with E-state index in [1.54, 1.807) is 7.11 Å². The minimum absolute atomic E-state index is 0.0769. The molecule has 1 aliphatic rings. The first kappa shape index (κ1) is 17.1. The zero-order chi connectivity index (χ0) is 17.8. The number of ether oxygens (including phenoxy) is 2. The molecule has 0 bridgehead atoms. The van der Waals surface area contributed by atoms with Gasteiger partial charge in [-0.05, 0) is 67.8 Å². The minimum Gasteiger partial charge on any atom is -0.497 e. The monoisotopic (exact) mass is 341 g/mol. The molecule has 2 aromatic rings. The number of carbonyl (C=O) groups is 1. The lowest BCUT2D eigenvalue weighted by Crippen LogP contribution is -2.31. The molecule has 3 rings (SSSR count). The van der Waals surface area contributed by atoms with E-state index in [4.69, 9.17) is 14.6 Å². The second kappa shape index (κ2) is 7.47. The number of aryl methyl sites for hydroxylation is 1. The first-order chi connectivity index (χ1) is 12.1. The van der Waals surface area contributed by atoms with Crippen LogP contribution in [0.3, 0.4) is 0 Å². The van der Waals surface area contributed by atoms with Gasteiger partial charge in [-0.15, -0.1) is 0 Å². The number of carboxylic acids is 1. The van der Waals surface area contributed by atoms with Crippen molar-refractivity contribution in [1.29, 1.82) is 0 Å². The van der Waals surface area contributed by atoms with E-state index in [0.717, 1.165) is 47.9 Å². The molecule has 2 aromatic carbocycles. The number of methoxy groups -OCH3 is 1. The van der Waals surface area contributed by atoms with Crippen molar-refractivity contribution < 1.29 is 19.4 Å². The summed E-state index contributed by atoms with van der Waals surface area (Å²) in [6, 6.07) is 13.6. The molecule has 0 saturated carbocycles. The summed E-state index contributed by atoms with van der Waals surface area (Å²) in [5, 5.41) is 9.05. The summed E-state index contributed by atoms with van der Waals surface area (Å²) in [7, 11) is 1.64. The van der Waals surface area contributed by atoms with Gasteiger partial charge in [0, 0.05) is 18.3 Å². The Labute approximate surface area is 147 Å². The van der Waals surface area contributed by atoms with Crippen LogP contribution in [0.2, 0.25) is 0 Å². The number of nitrogens with zero attached hydrogens (tertiary/aromatic N) is 1. The molecule has 0 aliphatic carbocycles. The highest BCUT2D eigenvalue weighted by Gasteiger charge is 2.26. The first-order valence-electron chi connectivity index (χ1n) is 8.48. The van der Waals surface area contributed by atoms with E-state index in [1.165, 1.54) is 0 Å². The van der Waals surface area contributed by atoms with Gasteiger partial charge in [0.2, 0.25) is 0 Å². The van der Waals surface area contributed by atoms with Crippen molar-refractivity contribution in [1.82, 2.24) is 0 Å².